The number of rotatable bonds is 4. The van der Waals surface area contributed by atoms with Crippen LogP contribution in [0.2, 0.25) is 5.02 Å². The van der Waals surface area contributed by atoms with Crippen LogP contribution in [0.5, 0.6) is 0 Å². The van der Waals surface area contributed by atoms with Crippen molar-refractivity contribution in [1.29, 1.82) is 0 Å². The lowest BCUT2D eigenvalue weighted by atomic mass is 10.2. The summed E-state index contributed by atoms with van der Waals surface area (Å²) >= 11 is 6.26. The highest BCUT2D eigenvalue weighted by molar-refractivity contribution is 6.39. The molecule has 3 rings (SSSR count). The standard InChI is InChI=1S/C22H21ClN4O2/c1-14-9-10-19(12-20(14)23)27-15(2)11-17(16(27)3)13-24-26-22(29)21(28)25-18-7-5-4-6-8-18/h4-13H,1-3H3,(H,25,28)(H,26,29)/b24-13-. The Morgan fingerprint density at radius 2 is 1.72 bits per heavy atom. The number of carbonyl (C=O) groups is 2. The zero-order valence-corrected chi connectivity index (χ0v) is 17.1. The topological polar surface area (TPSA) is 75.5 Å². The summed E-state index contributed by atoms with van der Waals surface area (Å²) in [6, 6.07) is 16.6. The van der Waals surface area contributed by atoms with Crippen molar-refractivity contribution in [3.63, 3.8) is 0 Å². The van der Waals surface area contributed by atoms with Crippen molar-refractivity contribution in [3.05, 3.63) is 82.1 Å². The molecule has 0 bridgehead atoms. The molecule has 0 atom stereocenters. The van der Waals surface area contributed by atoms with E-state index in [0.717, 1.165) is 28.2 Å². The fourth-order valence-corrected chi connectivity index (χ4v) is 3.13. The molecule has 0 unspecified atom stereocenters. The number of aromatic nitrogens is 1. The molecule has 0 spiro atoms. The summed E-state index contributed by atoms with van der Waals surface area (Å²) in [6.45, 7) is 5.88. The first-order chi connectivity index (χ1) is 13.9. The molecule has 1 heterocycles. The number of hydrogen-bond donors (Lipinski definition) is 2. The van der Waals surface area contributed by atoms with E-state index < -0.39 is 11.8 Å². The summed E-state index contributed by atoms with van der Waals surface area (Å²) in [6.07, 6.45) is 1.52. The van der Waals surface area contributed by atoms with Crippen molar-refractivity contribution in [2.75, 3.05) is 5.32 Å². The smallest absolute Gasteiger partial charge is 0.318 e. The quantitative estimate of drug-likeness (QED) is 0.386. The zero-order chi connectivity index (χ0) is 21.0. The lowest BCUT2D eigenvalue weighted by molar-refractivity contribution is -0.136. The van der Waals surface area contributed by atoms with E-state index in [1.165, 1.54) is 6.21 Å². The second-order valence-corrected chi connectivity index (χ2v) is 7.02. The van der Waals surface area contributed by atoms with Crippen LogP contribution in [-0.4, -0.2) is 22.6 Å². The predicted octanol–water partition coefficient (Wildman–Crippen LogP) is 4.14. The van der Waals surface area contributed by atoms with Gasteiger partial charge in [-0.15, -0.1) is 0 Å². The molecule has 148 valence electrons. The molecule has 0 saturated carbocycles. The molecular formula is C22H21ClN4O2. The van der Waals surface area contributed by atoms with Crippen LogP contribution >= 0.6 is 11.6 Å². The van der Waals surface area contributed by atoms with Crippen molar-refractivity contribution in [2.24, 2.45) is 5.10 Å². The van der Waals surface area contributed by atoms with Crippen LogP contribution < -0.4 is 10.7 Å². The molecule has 0 aliphatic rings. The van der Waals surface area contributed by atoms with Gasteiger partial charge in [0, 0.05) is 33.3 Å². The van der Waals surface area contributed by atoms with Gasteiger partial charge in [-0.1, -0.05) is 35.9 Å². The zero-order valence-electron chi connectivity index (χ0n) is 16.4. The largest absolute Gasteiger partial charge is 0.329 e. The number of carbonyl (C=O) groups excluding carboxylic acids is 2. The van der Waals surface area contributed by atoms with Gasteiger partial charge in [-0.25, -0.2) is 5.43 Å². The van der Waals surface area contributed by atoms with E-state index in [-0.39, 0.29) is 0 Å². The Bertz CT molecular complexity index is 1090. The monoisotopic (exact) mass is 408 g/mol. The maximum absolute atomic E-state index is 11.9. The lowest BCUT2D eigenvalue weighted by Gasteiger charge is -2.11. The summed E-state index contributed by atoms with van der Waals surface area (Å²) in [4.78, 5) is 23.8. The van der Waals surface area contributed by atoms with E-state index in [1.54, 1.807) is 24.3 Å². The minimum atomic E-state index is -0.843. The fraction of sp³-hybridized carbons (Fsp3) is 0.136. The third kappa shape index (κ3) is 4.73. The molecule has 0 aliphatic heterocycles. The Kier molecular flexibility index (Phi) is 6.14. The maximum Gasteiger partial charge on any atom is 0.329 e. The molecule has 0 radical (unpaired) electrons. The highest BCUT2D eigenvalue weighted by Crippen LogP contribution is 2.24. The van der Waals surface area contributed by atoms with Crippen LogP contribution in [0.4, 0.5) is 5.69 Å². The van der Waals surface area contributed by atoms with Gasteiger partial charge in [0.05, 0.1) is 6.21 Å². The number of nitrogens with zero attached hydrogens (tertiary/aromatic N) is 2. The number of amides is 2. The highest BCUT2D eigenvalue weighted by atomic mass is 35.5. The molecule has 2 amide bonds. The second kappa shape index (κ2) is 8.75. The summed E-state index contributed by atoms with van der Waals surface area (Å²) in [7, 11) is 0. The number of hydrazone groups is 1. The first-order valence-electron chi connectivity index (χ1n) is 9.01. The van der Waals surface area contributed by atoms with Crippen molar-refractivity contribution >= 4 is 35.3 Å². The van der Waals surface area contributed by atoms with E-state index in [0.29, 0.717) is 10.7 Å². The summed E-state index contributed by atoms with van der Waals surface area (Å²) in [5, 5.41) is 7.12. The maximum atomic E-state index is 11.9. The van der Waals surface area contributed by atoms with Crippen LogP contribution in [0.25, 0.3) is 5.69 Å². The third-order valence-corrected chi connectivity index (χ3v) is 4.90. The van der Waals surface area contributed by atoms with Crippen LogP contribution in [-0.2, 0) is 9.59 Å². The second-order valence-electron chi connectivity index (χ2n) is 6.61. The molecule has 1 aromatic heterocycles. The minimum Gasteiger partial charge on any atom is -0.318 e. The Morgan fingerprint density at radius 3 is 2.41 bits per heavy atom. The highest BCUT2D eigenvalue weighted by Gasteiger charge is 2.13. The van der Waals surface area contributed by atoms with Gasteiger partial charge in [0.15, 0.2) is 0 Å². The number of aryl methyl sites for hydroxylation is 2. The van der Waals surface area contributed by atoms with Gasteiger partial charge >= 0.3 is 11.8 Å². The van der Waals surface area contributed by atoms with Gasteiger partial charge in [-0.05, 0) is 56.7 Å². The Morgan fingerprint density at radius 1 is 1.00 bits per heavy atom. The predicted molar refractivity (Wildman–Crippen MR) is 116 cm³/mol. The normalized spacial score (nSPS) is 10.9. The van der Waals surface area contributed by atoms with E-state index in [1.807, 2.05) is 51.1 Å². The van der Waals surface area contributed by atoms with Gasteiger partial charge in [-0.3, -0.25) is 9.59 Å². The minimum absolute atomic E-state index is 0.539. The summed E-state index contributed by atoms with van der Waals surface area (Å²) < 4.78 is 2.05. The van der Waals surface area contributed by atoms with E-state index in [9.17, 15) is 9.59 Å². The number of nitrogens with one attached hydrogen (secondary N) is 2. The van der Waals surface area contributed by atoms with Crippen molar-refractivity contribution in [3.8, 4) is 5.69 Å². The lowest BCUT2D eigenvalue weighted by Crippen LogP contribution is -2.32. The summed E-state index contributed by atoms with van der Waals surface area (Å²) in [5.74, 6) is -1.63. The van der Waals surface area contributed by atoms with E-state index >= 15 is 0 Å². The number of halogens is 1. The van der Waals surface area contributed by atoms with Crippen LogP contribution in [0, 0.1) is 20.8 Å². The van der Waals surface area contributed by atoms with Gasteiger partial charge < -0.3 is 9.88 Å². The van der Waals surface area contributed by atoms with E-state index in [4.69, 9.17) is 11.6 Å². The molecule has 3 aromatic rings. The van der Waals surface area contributed by atoms with Gasteiger partial charge in [0.2, 0.25) is 0 Å². The Hall–Kier alpha value is -3.38. The molecule has 7 heteroatoms. The number of benzene rings is 2. The molecule has 0 saturated heterocycles. The average Bonchev–Trinajstić information content (AvgIpc) is 2.98. The molecular weight excluding hydrogens is 388 g/mol. The third-order valence-electron chi connectivity index (χ3n) is 4.49. The van der Waals surface area contributed by atoms with Crippen molar-refractivity contribution in [1.82, 2.24) is 9.99 Å². The average molecular weight is 409 g/mol. The first kappa shape index (κ1) is 20.4. The number of anilines is 1. The fourth-order valence-electron chi connectivity index (χ4n) is 2.96. The van der Waals surface area contributed by atoms with Gasteiger partial charge in [-0.2, -0.15) is 5.10 Å². The van der Waals surface area contributed by atoms with Crippen LogP contribution in [0.1, 0.15) is 22.5 Å². The van der Waals surface area contributed by atoms with Crippen molar-refractivity contribution in [2.45, 2.75) is 20.8 Å². The van der Waals surface area contributed by atoms with E-state index in [2.05, 4.69) is 20.4 Å². The van der Waals surface area contributed by atoms with Crippen LogP contribution in [0.3, 0.4) is 0 Å². The Labute approximate surface area is 174 Å². The molecule has 2 N–H and O–H groups in total. The number of hydrogen-bond acceptors (Lipinski definition) is 3. The summed E-state index contributed by atoms with van der Waals surface area (Å²) in [5.41, 5.74) is 7.51. The molecule has 2 aromatic carbocycles. The molecule has 0 aliphatic carbocycles. The van der Waals surface area contributed by atoms with Gasteiger partial charge in [0.1, 0.15) is 0 Å². The molecule has 29 heavy (non-hydrogen) atoms. The van der Waals surface area contributed by atoms with Crippen molar-refractivity contribution < 1.29 is 9.59 Å². The number of para-hydroxylation sites is 1. The SMILES string of the molecule is Cc1ccc(-n2c(C)cc(/C=N\NC(=O)C(=O)Nc3ccccc3)c2C)cc1Cl. The van der Waals surface area contributed by atoms with Gasteiger partial charge in [0.25, 0.3) is 0 Å². The van der Waals surface area contributed by atoms with Crippen LogP contribution in [0.15, 0.2) is 59.7 Å². The first-order valence-corrected chi connectivity index (χ1v) is 9.39. The Balaban J connectivity index is 1.70. The molecule has 6 nitrogen and oxygen atoms in total. The molecule has 0 fully saturated rings.